The number of hydrogen-bond acceptors (Lipinski definition) is 5. The lowest BCUT2D eigenvalue weighted by Crippen LogP contribution is -1.93. The molecule has 3 aromatic rings. The Morgan fingerprint density at radius 1 is 1.12 bits per heavy atom. The highest BCUT2D eigenvalue weighted by Crippen LogP contribution is 2.17. The van der Waals surface area contributed by atoms with Crippen molar-refractivity contribution in [2.45, 2.75) is 0 Å². The summed E-state index contributed by atoms with van der Waals surface area (Å²) in [5.74, 6) is 1.73. The van der Waals surface area contributed by atoms with Gasteiger partial charge in [-0.15, -0.1) is 10.2 Å². The third-order valence-electron chi connectivity index (χ3n) is 2.23. The first-order valence-corrected chi connectivity index (χ1v) is 4.72. The van der Waals surface area contributed by atoms with Gasteiger partial charge in [-0.25, -0.2) is 9.97 Å². The van der Waals surface area contributed by atoms with E-state index in [0.29, 0.717) is 17.4 Å². The average molecular weight is 212 g/mol. The Balaban J connectivity index is 2.26. The molecule has 0 atom stereocenters. The summed E-state index contributed by atoms with van der Waals surface area (Å²) in [6.07, 6.45) is 5.17. The van der Waals surface area contributed by atoms with Crippen molar-refractivity contribution in [1.29, 1.82) is 0 Å². The summed E-state index contributed by atoms with van der Waals surface area (Å²) in [5, 5.41) is 8.04. The zero-order valence-electron chi connectivity index (χ0n) is 8.28. The van der Waals surface area contributed by atoms with Crippen LogP contribution in [0.2, 0.25) is 0 Å². The van der Waals surface area contributed by atoms with Crippen molar-refractivity contribution in [3.05, 3.63) is 36.8 Å². The molecular weight excluding hydrogens is 204 g/mol. The van der Waals surface area contributed by atoms with Gasteiger partial charge in [0.05, 0.1) is 0 Å². The fourth-order valence-corrected chi connectivity index (χ4v) is 1.53. The summed E-state index contributed by atoms with van der Waals surface area (Å²) in [6.45, 7) is 0. The molecule has 16 heavy (non-hydrogen) atoms. The number of anilines is 1. The molecule has 6 nitrogen and oxygen atoms in total. The standard InChI is InChI=1S/C10H8N6/c11-8-6-7(2-4-12-8)9-14-15-10-13-3-1-5-16(9)10/h1-6H,(H2,11,12). The topological polar surface area (TPSA) is 82.0 Å². The van der Waals surface area contributed by atoms with Gasteiger partial charge in [0, 0.05) is 24.2 Å². The van der Waals surface area contributed by atoms with Crippen molar-refractivity contribution in [2.24, 2.45) is 0 Å². The maximum atomic E-state index is 5.62. The quantitative estimate of drug-likeness (QED) is 0.644. The van der Waals surface area contributed by atoms with E-state index in [9.17, 15) is 0 Å². The Morgan fingerprint density at radius 3 is 2.94 bits per heavy atom. The minimum atomic E-state index is 0.457. The maximum absolute atomic E-state index is 5.62. The molecule has 0 saturated carbocycles. The monoisotopic (exact) mass is 212 g/mol. The van der Waals surface area contributed by atoms with Crippen LogP contribution in [0.1, 0.15) is 0 Å². The molecule has 0 fully saturated rings. The maximum Gasteiger partial charge on any atom is 0.255 e. The van der Waals surface area contributed by atoms with Crippen molar-refractivity contribution in [3.8, 4) is 11.4 Å². The van der Waals surface area contributed by atoms with Crippen LogP contribution in [-0.4, -0.2) is 24.6 Å². The average Bonchev–Trinajstić information content (AvgIpc) is 2.72. The van der Waals surface area contributed by atoms with Crippen LogP contribution in [0.15, 0.2) is 36.8 Å². The SMILES string of the molecule is Nc1cc(-c2nnc3ncccn23)ccn1. The van der Waals surface area contributed by atoms with E-state index < -0.39 is 0 Å². The molecule has 0 aliphatic heterocycles. The minimum Gasteiger partial charge on any atom is -0.384 e. The fourth-order valence-electron chi connectivity index (χ4n) is 1.53. The number of rotatable bonds is 1. The van der Waals surface area contributed by atoms with Gasteiger partial charge < -0.3 is 5.73 Å². The summed E-state index contributed by atoms with van der Waals surface area (Å²) >= 11 is 0. The van der Waals surface area contributed by atoms with Crippen LogP contribution in [0, 0.1) is 0 Å². The van der Waals surface area contributed by atoms with E-state index in [2.05, 4.69) is 20.2 Å². The summed E-state index contributed by atoms with van der Waals surface area (Å²) in [7, 11) is 0. The molecule has 0 bridgehead atoms. The molecule has 6 heteroatoms. The third-order valence-corrected chi connectivity index (χ3v) is 2.23. The first-order valence-electron chi connectivity index (χ1n) is 4.72. The zero-order valence-corrected chi connectivity index (χ0v) is 8.28. The van der Waals surface area contributed by atoms with Gasteiger partial charge in [0.25, 0.3) is 5.78 Å². The van der Waals surface area contributed by atoms with E-state index in [0.717, 1.165) is 5.56 Å². The van der Waals surface area contributed by atoms with Crippen molar-refractivity contribution < 1.29 is 0 Å². The number of hydrogen-bond donors (Lipinski definition) is 1. The minimum absolute atomic E-state index is 0.457. The number of aromatic nitrogens is 5. The van der Waals surface area contributed by atoms with Crippen molar-refractivity contribution in [3.63, 3.8) is 0 Å². The Labute approximate surface area is 90.8 Å². The van der Waals surface area contributed by atoms with E-state index in [4.69, 9.17) is 5.73 Å². The first-order chi connectivity index (χ1) is 7.84. The lowest BCUT2D eigenvalue weighted by molar-refractivity contribution is 1.10. The van der Waals surface area contributed by atoms with Gasteiger partial charge in [-0.3, -0.25) is 4.40 Å². The Bertz CT molecular complexity index is 644. The second-order valence-corrected chi connectivity index (χ2v) is 3.28. The highest BCUT2D eigenvalue weighted by molar-refractivity contribution is 5.60. The molecule has 0 aromatic carbocycles. The first kappa shape index (κ1) is 8.78. The molecule has 3 rings (SSSR count). The summed E-state index contributed by atoms with van der Waals surface area (Å²) in [5.41, 5.74) is 6.49. The molecular formula is C10H8N6. The number of nitrogen functional groups attached to an aromatic ring is 1. The van der Waals surface area contributed by atoms with Crippen molar-refractivity contribution >= 4 is 11.6 Å². The zero-order chi connectivity index (χ0) is 11.0. The highest BCUT2D eigenvalue weighted by atomic mass is 15.3. The van der Waals surface area contributed by atoms with E-state index in [1.54, 1.807) is 22.9 Å². The highest BCUT2D eigenvalue weighted by Gasteiger charge is 2.07. The largest absolute Gasteiger partial charge is 0.384 e. The molecule has 0 spiro atoms. The molecule has 0 saturated heterocycles. The van der Waals surface area contributed by atoms with Crippen LogP contribution in [-0.2, 0) is 0 Å². The number of nitrogens with two attached hydrogens (primary N) is 1. The van der Waals surface area contributed by atoms with E-state index in [1.807, 2.05) is 18.3 Å². The van der Waals surface area contributed by atoms with Gasteiger partial charge in [-0.05, 0) is 18.2 Å². The normalized spacial score (nSPS) is 10.8. The van der Waals surface area contributed by atoms with Gasteiger partial charge in [0.1, 0.15) is 5.82 Å². The number of nitrogens with zero attached hydrogens (tertiary/aromatic N) is 5. The fraction of sp³-hybridized carbons (Fsp3) is 0. The summed E-state index contributed by atoms with van der Waals surface area (Å²) in [6, 6.07) is 5.41. The predicted molar refractivity (Wildman–Crippen MR) is 58.4 cm³/mol. The van der Waals surface area contributed by atoms with E-state index in [-0.39, 0.29) is 0 Å². The Hall–Kier alpha value is -2.50. The smallest absolute Gasteiger partial charge is 0.255 e. The van der Waals surface area contributed by atoms with Crippen LogP contribution in [0.3, 0.4) is 0 Å². The summed E-state index contributed by atoms with van der Waals surface area (Å²) in [4.78, 5) is 8.03. The summed E-state index contributed by atoms with van der Waals surface area (Å²) < 4.78 is 1.80. The van der Waals surface area contributed by atoms with Gasteiger partial charge in [0.15, 0.2) is 5.82 Å². The molecule has 2 N–H and O–H groups in total. The molecule has 3 heterocycles. The van der Waals surface area contributed by atoms with Gasteiger partial charge in [-0.1, -0.05) is 0 Å². The second-order valence-electron chi connectivity index (χ2n) is 3.28. The van der Waals surface area contributed by atoms with E-state index >= 15 is 0 Å². The molecule has 78 valence electrons. The molecule has 3 aromatic heterocycles. The Kier molecular flexibility index (Phi) is 1.79. The lowest BCUT2D eigenvalue weighted by atomic mass is 10.2. The van der Waals surface area contributed by atoms with Gasteiger partial charge in [0.2, 0.25) is 0 Å². The third kappa shape index (κ3) is 1.28. The lowest BCUT2D eigenvalue weighted by Gasteiger charge is -1.99. The number of fused-ring (bicyclic) bond motifs is 1. The van der Waals surface area contributed by atoms with Crippen LogP contribution in [0.4, 0.5) is 5.82 Å². The molecule has 0 unspecified atom stereocenters. The van der Waals surface area contributed by atoms with Gasteiger partial charge >= 0.3 is 0 Å². The Morgan fingerprint density at radius 2 is 2.06 bits per heavy atom. The van der Waals surface area contributed by atoms with Crippen LogP contribution >= 0.6 is 0 Å². The van der Waals surface area contributed by atoms with Crippen molar-refractivity contribution in [2.75, 3.05) is 5.73 Å². The van der Waals surface area contributed by atoms with Gasteiger partial charge in [-0.2, -0.15) is 0 Å². The van der Waals surface area contributed by atoms with Crippen LogP contribution < -0.4 is 5.73 Å². The van der Waals surface area contributed by atoms with Crippen LogP contribution in [0.5, 0.6) is 0 Å². The van der Waals surface area contributed by atoms with E-state index in [1.165, 1.54) is 0 Å². The molecule has 0 aliphatic carbocycles. The predicted octanol–water partition coefficient (Wildman–Crippen LogP) is 0.768. The number of pyridine rings is 1. The molecule has 0 amide bonds. The second kappa shape index (κ2) is 3.27. The molecule has 0 aliphatic rings. The van der Waals surface area contributed by atoms with Crippen molar-refractivity contribution in [1.82, 2.24) is 24.6 Å². The molecule has 0 radical (unpaired) electrons. The van der Waals surface area contributed by atoms with Crippen LogP contribution in [0.25, 0.3) is 17.2 Å².